The van der Waals surface area contributed by atoms with Crippen molar-refractivity contribution in [2.24, 2.45) is 0 Å². The number of Topliss-reactive ketones (excluding diaryl/α,β-unsaturated/α-hetero) is 1. The highest BCUT2D eigenvalue weighted by Gasteiger charge is 2.27. The van der Waals surface area contributed by atoms with Crippen LogP contribution in [0.3, 0.4) is 0 Å². The van der Waals surface area contributed by atoms with Gasteiger partial charge in [0.1, 0.15) is 0 Å². The maximum absolute atomic E-state index is 14.6. The van der Waals surface area contributed by atoms with E-state index in [1.165, 1.54) is 38.3 Å². The summed E-state index contributed by atoms with van der Waals surface area (Å²) in [5, 5.41) is 0. The van der Waals surface area contributed by atoms with Gasteiger partial charge in [-0.05, 0) is 25.1 Å². The van der Waals surface area contributed by atoms with Crippen molar-refractivity contribution >= 4 is 11.9 Å². The molecule has 0 aliphatic carbocycles. The molecule has 1 aliphatic rings. The highest BCUT2D eigenvalue weighted by molar-refractivity contribution is 5.94. The quantitative estimate of drug-likeness (QED) is 0.359. The molecule has 166 valence electrons. The zero-order chi connectivity index (χ0) is 22.5. The number of benzene rings is 2. The van der Waals surface area contributed by atoms with E-state index >= 15 is 0 Å². The van der Waals surface area contributed by atoms with Crippen LogP contribution in [0.4, 0.5) is 17.6 Å². The van der Waals surface area contributed by atoms with Crippen LogP contribution in [0.5, 0.6) is 17.2 Å². The van der Waals surface area contributed by atoms with Gasteiger partial charge in [0.25, 0.3) is 0 Å². The fraction of sp³-hybridized carbons (Fsp3) is 0.318. The Labute approximate surface area is 176 Å². The van der Waals surface area contributed by atoms with E-state index in [1.807, 2.05) is 4.90 Å². The van der Waals surface area contributed by atoms with Crippen LogP contribution in [0, 0.1) is 23.3 Å². The number of nitrogens with zero attached hydrogens (tertiary/aromatic N) is 1. The minimum atomic E-state index is -1.68. The number of halogens is 4. The Morgan fingerprint density at radius 3 is 2.29 bits per heavy atom. The molecule has 0 spiro atoms. The summed E-state index contributed by atoms with van der Waals surface area (Å²) in [6.45, 7) is 4.06. The van der Waals surface area contributed by atoms with Gasteiger partial charge in [-0.3, -0.25) is 9.69 Å². The van der Waals surface area contributed by atoms with E-state index in [0.29, 0.717) is 32.8 Å². The molecule has 1 aliphatic heterocycles. The van der Waals surface area contributed by atoms with Crippen LogP contribution >= 0.6 is 0 Å². The second-order valence-electron chi connectivity index (χ2n) is 6.84. The van der Waals surface area contributed by atoms with Crippen LogP contribution in [-0.4, -0.2) is 50.6 Å². The maximum atomic E-state index is 14.6. The van der Waals surface area contributed by atoms with Gasteiger partial charge in [0.15, 0.2) is 28.9 Å². The fourth-order valence-electron chi connectivity index (χ4n) is 3.05. The summed E-state index contributed by atoms with van der Waals surface area (Å²) in [7, 11) is 1.25. The van der Waals surface area contributed by atoms with Crippen molar-refractivity contribution in [1.82, 2.24) is 4.90 Å². The highest BCUT2D eigenvalue weighted by Crippen LogP contribution is 2.38. The summed E-state index contributed by atoms with van der Waals surface area (Å²) in [5.74, 6) is -8.26. The van der Waals surface area contributed by atoms with Crippen molar-refractivity contribution in [1.29, 1.82) is 0 Å². The number of carbonyl (C=O) groups excluding carboxylic acids is 1. The minimum Gasteiger partial charge on any atom is -0.493 e. The van der Waals surface area contributed by atoms with Gasteiger partial charge in [-0.2, -0.15) is 8.78 Å². The second kappa shape index (κ2) is 9.93. The van der Waals surface area contributed by atoms with Crippen LogP contribution < -0.4 is 9.47 Å². The molecule has 1 heterocycles. The molecule has 1 saturated heterocycles. The van der Waals surface area contributed by atoms with Gasteiger partial charge in [-0.1, -0.05) is 12.2 Å². The van der Waals surface area contributed by atoms with Crippen molar-refractivity contribution < 1.29 is 36.6 Å². The van der Waals surface area contributed by atoms with E-state index < -0.39 is 34.6 Å². The first kappa shape index (κ1) is 22.8. The molecule has 5 nitrogen and oxygen atoms in total. The van der Waals surface area contributed by atoms with Gasteiger partial charge >= 0.3 is 0 Å². The molecular weight excluding hydrogens is 418 g/mol. The summed E-state index contributed by atoms with van der Waals surface area (Å²) in [4.78, 5) is 13.4. The average Bonchev–Trinajstić information content (AvgIpc) is 2.78. The lowest BCUT2D eigenvalue weighted by atomic mass is 10.1. The van der Waals surface area contributed by atoms with Gasteiger partial charge in [-0.25, -0.2) is 8.78 Å². The molecule has 0 N–H and O–H groups in total. The standard InChI is InChI=1S/C22H21F4NO4/c1-13(28)14-5-6-16(17(12-14)29-2)31-22-20(25)18(23)15(19(24)21(22)26)4-3-7-27-8-10-30-11-9-27/h3-6,12H,7-11H2,1-2H3. The largest absolute Gasteiger partial charge is 0.493 e. The number of hydrogen-bond donors (Lipinski definition) is 0. The molecule has 2 aromatic carbocycles. The zero-order valence-corrected chi connectivity index (χ0v) is 17.0. The fourth-order valence-corrected chi connectivity index (χ4v) is 3.05. The number of methoxy groups -OCH3 is 1. The topological polar surface area (TPSA) is 48.0 Å². The third kappa shape index (κ3) is 5.05. The summed E-state index contributed by atoms with van der Waals surface area (Å²) in [6.07, 6.45) is 2.42. The molecule has 31 heavy (non-hydrogen) atoms. The molecule has 1 fully saturated rings. The molecule has 0 atom stereocenters. The normalized spacial score (nSPS) is 14.8. The Kier molecular flexibility index (Phi) is 7.29. The van der Waals surface area contributed by atoms with E-state index in [1.54, 1.807) is 0 Å². The SMILES string of the molecule is COc1cc(C(C)=O)ccc1Oc1c(F)c(F)c(C=CCN2CCOCC2)c(F)c1F. The number of hydrogen-bond acceptors (Lipinski definition) is 5. The molecule has 0 radical (unpaired) electrons. The lowest BCUT2D eigenvalue weighted by Crippen LogP contribution is -2.36. The molecule has 3 rings (SSSR count). The molecule has 2 aromatic rings. The third-order valence-electron chi connectivity index (χ3n) is 4.79. The lowest BCUT2D eigenvalue weighted by molar-refractivity contribution is 0.0435. The van der Waals surface area contributed by atoms with Crippen LogP contribution in [0.25, 0.3) is 6.08 Å². The van der Waals surface area contributed by atoms with Gasteiger partial charge in [0.2, 0.25) is 17.4 Å². The number of rotatable bonds is 7. The van der Waals surface area contributed by atoms with Crippen LogP contribution in [0.15, 0.2) is 24.3 Å². The molecule has 0 amide bonds. The Morgan fingerprint density at radius 2 is 1.71 bits per heavy atom. The Bertz CT molecular complexity index is 974. The highest BCUT2D eigenvalue weighted by atomic mass is 19.2. The minimum absolute atomic E-state index is 0.0261. The summed E-state index contributed by atoms with van der Waals surface area (Å²) < 4.78 is 73.5. The number of ether oxygens (including phenoxy) is 3. The molecular formula is C22H21F4NO4. The van der Waals surface area contributed by atoms with Gasteiger partial charge < -0.3 is 14.2 Å². The van der Waals surface area contributed by atoms with E-state index in [2.05, 4.69) is 0 Å². The van der Waals surface area contributed by atoms with E-state index in [9.17, 15) is 22.4 Å². The van der Waals surface area contributed by atoms with Crippen LogP contribution in [0.1, 0.15) is 22.8 Å². The zero-order valence-electron chi connectivity index (χ0n) is 17.0. The molecule has 9 heteroatoms. The van der Waals surface area contributed by atoms with E-state index in [4.69, 9.17) is 14.2 Å². The van der Waals surface area contributed by atoms with Crippen molar-refractivity contribution in [2.45, 2.75) is 6.92 Å². The molecule has 0 aromatic heterocycles. The van der Waals surface area contributed by atoms with Gasteiger partial charge in [0.05, 0.1) is 25.9 Å². The predicted octanol–water partition coefficient (Wildman–Crippen LogP) is 4.59. The summed E-state index contributed by atoms with van der Waals surface area (Å²) in [5.41, 5.74) is -0.572. The molecule has 0 unspecified atom stereocenters. The molecule has 0 saturated carbocycles. The number of ketones is 1. The Hall–Kier alpha value is -2.91. The maximum Gasteiger partial charge on any atom is 0.205 e. The van der Waals surface area contributed by atoms with Crippen molar-refractivity contribution in [3.05, 3.63) is 58.7 Å². The van der Waals surface area contributed by atoms with Crippen molar-refractivity contribution in [3.63, 3.8) is 0 Å². The Balaban J connectivity index is 1.88. The Morgan fingerprint density at radius 1 is 1.06 bits per heavy atom. The van der Waals surface area contributed by atoms with Crippen molar-refractivity contribution in [3.8, 4) is 17.2 Å². The van der Waals surface area contributed by atoms with E-state index in [0.717, 1.165) is 6.08 Å². The van der Waals surface area contributed by atoms with E-state index in [-0.39, 0.29) is 22.8 Å². The van der Waals surface area contributed by atoms with Crippen molar-refractivity contribution in [2.75, 3.05) is 40.0 Å². The first-order valence-electron chi connectivity index (χ1n) is 9.52. The van der Waals surface area contributed by atoms with Crippen LogP contribution in [-0.2, 0) is 4.74 Å². The first-order valence-corrected chi connectivity index (χ1v) is 9.52. The summed E-state index contributed by atoms with van der Waals surface area (Å²) >= 11 is 0. The monoisotopic (exact) mass is 439 g/mol. The smallest absolute Gasteiger partial charge is 0.205 e. The predicted molar refractivity (Wildman–Crippen MR) is 106 cm³/mol. The molecule has 0 bridgehead atoms. The van der Waals surface area contributed by atoms with Gasteiger partial charge in [-0.15, -0.1) is 0 Å². The lowest BCUT2D eigenvalue weighted by Gasteiger charge is -2.25. The second-order valence-corrected chi connectivity index (χ2v) is 6.84. The number of carbonyl (C=O) groups is 1. The average molecular weight is 439 g/mol. The van der Waals surface area contributed by atoms with Crippen LogP contribution in [0.2, 0.25) is 0 Å². The van der Waals surface area contributed by atoms with Gasteiger partial charge in [0, 0.05) is 25.2 Å². The summed E-state index contributed by atoms with van der Waals surface area (Å²) in [6, 6.07) is 3.86. The first-order chi connectivity index (χ1) is 14.8. The third-order valence-corrected chi connectivity index (χ3v) is 4.79. The number of morpholine rings is 1.